The Balaban J connectivity index is 2.25. The van der Waals surface area contributed by atoms with Gasteiger partial charge in [-0.2, -0.15) is 5.10 Å². The molecule has 9 heteroatoms. The van der Waals surface area contributed by atoms with Crippen molar-refractivity contribution in [2.45, 2.75) is 6.43 Å². The van der Waals surface area contributed by atoms with E-state index in [1.807, 2.05) is 0 Å². The summed E-state index contributed by atoms with van der Waals surface area (Å²) >= 11 is 0. The molecule has 0 aliphatic rings. The van der Waals surface area contributed by atoms with E-state index in [0.717, 1.165) is 0 Å². The Labute approximate surface area is 153 Å². The second kappa shape index (κ2) is 7.48. The molecule has 0 radical (unpaired) electrons. The van der Waals surface area contributed by atoms with E-state index in [2.05, 4.69) is 15.1 Å². The first-order valence-electron chi connectivity index (χ1n) is 7.85. The Bertz CT molecular complexity index is 988. The zero-order valence-electron chi connectivity index (χ0n) is 14.8. The van der Waals surface area contributed by atoms with Gasteiger partial charge in [-0.05, 0) is 18.2 Å². The average molecular weight is 374 g/mol. The van der Waals surface area contributed by atoms with Crippen LogP contribution in [0.3, 0.4) is 0 Å². The number of aryl methyl sites for hydroxylation is 1. The highest BCUT2D eigenvalue weighted by molar-refractivity contribution is 5.97. The fourth-order valence-electron chi connectivity index (χ4n) is 2.59. The number of hydrogen-bond donors (Lipinski definition) is 0. The number of ether oxygens (including phenoxy) is 2. The van der Waals surface area contributed by atoms with E-state index < -0.39 is 18.1 Å². The smallest absolute Gasteiger partial charge is 0.357 e. The van der Waals surface area contributed by atoms with Crippen molar-refractivity contribution in [3.8, 4) is 28.1 Å². The highest BCUT2D eigenvalue weighted by atomic mass is 19.3. The van der Waals surface area contributed by atoms with Crippen molar-refractivity contribution in [2.24, 2.45) is 7.05 Å². The normalized spacial score (nSPS) is 10.9. The lowest BCUT2D eigenvalue weighted by Crippen LogP contribution is -2.08. The van der Waals surface area contributed by atoms with E-state index in [9.17, 15) is 13.6 Å². The van der Waals surface area contributed by atoms with Crippen molar-refractivity contribution in [1.29, 1.82) is 0 Å². The highest BCUT2D eigenvalue weighted by Gasteiger charge is 2.22. The van der Waals surface area contributed by atoms with E-state index in [4.69, 9.17) is 9.47 Å². The number of nitrogens with zero attached hydrogens (tertiary/aromatic N) is 4. The lowest BCUT2D eigenvalue weighted by molar-refractivity contribution is 0.0595. The van der Waals surface area contributed by atoms with Crippen LogP contribution >= 0.6 is 0 Å². The highest BCUT2D eigenvalue weighted by Crippen LogP contribution is 2.36. The van der Waals surface area contributed by atoms with Crippen molar-refractivity contribution < 1.29 is 23.0 Å². The van der Waals surface area contributed by atoms with Gasteiger partial charge in [0.1, 0.15) is 11.4 Å². The summed E-state index contributed by atoms with van der Waals surface area (Å²) in [6.45, 7) is 0. The molecule has 0 saturated carbocycles. The van der Waals surface area contributed by atoms with Crippen LogP contribution in [-0.4, -0.2) is 39.9 Å². The van der Waals surface area contributed by atoms with E-state index in [1.54, 1.807) is 30.1 Å². The number of hydrogen-bond acceptors (Lipinski definition) is 6. The average Bonchev–Trinajstić information content (AvgIpc) is 3.12. The zero-order valence-corrected chi connectivity index (χ0v) is 14.8. The number of esters is 1. The lowest BCUT2D eigenvalue weighted by Gasteiger charge is -2.13. The molecular weight excluding hydrogens is 358 g/mol. The van der Waals surface area contributed by atoms with E-state index in [0.29, 0.717) is 11.3 Å². The molecule has 3 heterocycles. The molecule has 0 atom stereocenters. The van der Waals surface area contributed by atoms with Gasteiger partial charge in [-0.3, -0.25) is 9.67 Å². The van der Waals surface area contributed by atoms with Gasteiger partial charge < -0.3 is 9.47 Å². The van der Waals surface area contributed by atoms with E-state index in [-0.39, 0.29) is 22.6 Å². The standard InChI is InChI=1S/C18H16F2N4O3/c1-24-5-4-13(23-24)10-6-12(16(22-8-10)18(25)27-3)11-7-14(17(19)20)21-9-15(11)26-2/h4-9,17H,1-3H3. The second-order valence-corrected chi connectivity index (χ2v) is 5.60. The third kappa shape index (κ3) is 3.62. The van der Waals surface area contributed by atoms with Gasteiger partial charge in [-0.1, -0.05) is 0 Å². The predicted molar refractivity (Wildman–Crippen MR) is 92.5 cm³/mol. The van der Waals surface area contributed by atoms with Gasteiger partial charge >= 0.3 is 5.97 Å². The van der Waals surface area contributed by atoms with Crippen LogP contribution in [0.1, 0.15) is 22.6 Å². The minimum absolute atomic E-state index is 0.0260. The first-order chi connectivity index (χ1) is 12.9. The number of methoxy groups -OCH3 is 2. The molecule has 140 valence electrons. The molecule has 0 aliphatic heterocycles. The first-order valence-corrected chi connectivity index (χ1v) is 7.85. The lowest BCUT2D eigenvalue weighted by atomic mass is 10.00. The summed E-state index contributed by atoms with van der Waals surface area (Å²) in [6.07, 6.45) is 1.64. The molecule has 0 saturated heterocycles. The Hall–Kier alpha value is -3.36. The Kier molecular flexibility index (Phi) is 5.11. The molecule has 0 amide bonds. The van der Waals surface area contributed by atoms with Gasteiger partial charge in [0.2, 0.25) is 0 Å². The predicted octanol–water partition coefficient (Wildman–Crippen LogP) is 3.28. The molecular formula is C18H16F2N4O3. The largest absolute Gasteiger partial charge is 0.494 e. The molecule has 7 nitrogen and oxygen atoms in total. The minimum atomic E-state index is -2.77. The molecule has 27 heavy (non-hydrogen) atoms. The summed E-state index contributed by atoms with van der Waals surface area (Å²) in [5.41, 5.74) is 1.30. The van der Waals surface area contributed by atoms with Gasteiger partial charge in [0.15, 0.2) is 5.69 Å². The van der Waals surface area contributed by atoms with Gasteiger partial charge in [0.05, 0.1) is 26.1 Å². The van der Waals surface area contributed by atoms with Crippen molar-refractivity contribution in [3.63, 3.8) is 0 Å². The molecule has 0 fully saturated rings. The molecule has 0 aliphatic carbocycles. The monoisotopic (exact) mass is 374 g/mol. The molecule has 3 rings (SSSR count). The summed E-state index contributed by atoms with van der Waals surface area (Å²) in [6, 6.07) is 4.58. The third-order valence-electron chi connectivity index (χ3n) is 3.90. The maximum atomic E-state index is 13.1. The number of alkyl halides is 2. The van der Waals surface area contributed by atoms with Crippen LogP contribution in [0.15, 0.2) is 36.8 Å². The summed E-state index contributed by atoms with van der Waals surface area (Å²) in [4.78, 5) is 20.0. The van der Waals surface area contributed by atoms with Crippen LogP contribution in [-0.2, 0) is 11.8 Å². The molecule has 0 spiro atoms. The van der Waals surface area contributed by atoms with Gasteiger partial charge in [0, 0.05) is 36.1 Å². The summed E-state index contributed by atoms with van der Waals surface area (Å²) in [7, 11) is 4.37. The van der Waals surface area contributed by atoms with Crippen molar-refractivity contribution in [1.82, 2.24) is 19.7 Å². The van der Waals surface area contributed by atoms with Crippen LogP contribution < -0.4 is 4.74 Å². The number of carbonyl (C=O) groups is 1. The summed E-state index contributed by atoms with van der Waals surface area (Å²) in [5.74, 6) is -0.473. The van der Waals surface area contributed by atoms with Crippen molar-refractivity contribution in [3.05, 3.63) is 48.2 Å². The van der Waals surface area contributed by atoms with E-state index in [1.165, 1.54) is 32.7 Å². The molecule has 3 aromatic rings. The topological polar surface area (TPSA) is 79.1 Å². The molecule has 0 aromatic carbocycles. The molecule has 0 N–H and O–H groups in total. The van der Waals surface area contributed by atoms with Crippen molar-refractivity contribution >= 4 is 5.97 Å². The summed E-state index contributed by atoms with van der Waals surface area (Å²) in [5, 5.41) is 4.30. The quantitative estimate of drug-likeness (QED) is 0.638. The van der Waals surface area contributed by atoms with Crippen LogP contribution in [0.5, 0.6) is 5.75 Å². The van der Waals surface area contributed by atoms with Crippen LogP contribution in [0.25, 0.3) is 22.4 Å². The van der Waals surface area contributed by atoms with Crippen molar-refractivity contribution in [2.75, 3.05) is 14.2 Å². The van der Waals surface area contributed by atoms with Crippen LogP contribution in [0.2, 0.25) is 0 Å². The minimum Gasteiger partial charge on any atom is -0.494 e. The Morgan fingerprint density at radius 1 is 1.15 bits per heavy atom. The maximum Gasteiger partial charge on any atom is 0.357 e. The molecule has 3 aromatic heterocycles. The van der Waals surface area contributed by atoms with Gasteiger partial charge in [-0.15, -0.1) is 0 Å². The molecule has 0 unspecified atom stereocenters. The first kappa shape index (κ1) is 18.4. The molecule has 0 bridgehead atoms. The zero-order chi connectivity index (χ0) is 19.6. The fourth-order valence-corrected chi connectivity index (χ4v) is 2.59. The third-order valence-corrected chi connectivity index (χ3v) is 3.90. The number of carbonyl (C=O) groups excluding carboxylic acids is 1. The van der Waals surface area contributed by atoms with Gasteiger partial charge in [-0.25, -0.2) is 18.6 Å². The number of rotatable bonds is 5. The number of halogens is 2. The Morgan fingerprint density at radius 2 is 1.93 bits per heavy atom. The van der Waals surface area contributed by atoms with Crippen LogP contribution in [0, 0.1) is 0 Å². The van der Waals surface area contributed by atoms with Crippen LogP contribution in [0.4, 0.5) is 8.78 Å². The summed E-state index contributed by atoms with van der Waals surface area (Å²) < 4.78 is 37.9. The number of pyridine rings is 2. The van der Waals surface area contributed by atoms with E-state index >= 15 is 0 Å². The second-order valence-electron chi connectivity index (χ2n) is 5.60. The number of aromatic nitrogens is 4. The maximum absolute atomic E-state index is 13.1. The Morgan fingerprint density at radius 3 is 2.52 bits per heavy atom. The SMILES string of the molecule is COC(=O)c1ncc(-c2ccn(C)n2)cc1-c1cc(C(F)F)ncc1OC. The van der Waals surface area contributed by atoms with Gasteiger partial charge in [0.25, 0.3) is 6.43 Å². The fraction of sp³-hybridized carbons (Fsp3) is 0.222.